The number of carbonyl (C=O) groups excluding carboxylic acids is 1. The van der Waals surface area contributed by atoms with Crippen LogP contribution in [0.3, 0.4) is 0 Å². The number of hydrogen-bond donors (Lipinski definition) is 2. The summed E-state index contributed by atoms with van der Waals surface area (Å²) in [5.41, 5.74) is 0.236. The Morgan fingerprint density at radius 3 is 2.56 bits per heavy atom. The van der Waals surface area contributed by atoms with Crippen LogP contribution in [-0.4, -0.2) is 44.3 Å². The molecule has 3 aromatic rings. The highest BCUT2D eigenvalue weighted by Crippen LogP contribution is 2.28. The van der Waals surface area contributed by atoms with E-state index in [1.165, 1.54) is 43.6 Å². The van der Waals surface area contributed by atoms with Gasteiger partial charge in [-0.25, -0.2) is 22.6 Å². The molecule has 0 aliphatic rings. The average Bonchev–Trinajstić information content (AvgIpc) is 2.75. The monoisotopic (exact) mass is 460 g/mol. The molecule has 168 valence electrons. The number of ether oxygens (including phenoxy) is 2. The molecule has 1 aromatic heterocycles. The van der Waals surface area contributed by atoms with Crippen LogP contribution in [0.1, 0.15) is 17.3 Å². The Hall–Kier alpha value is -3.73. The number of benzene rings is 2. The number of nitrogens with zero attached hydrogens (tertiary/aromatic N) is 2. The third-order valence-corrected chi connectivity index (χ3v) is 5.40. The molecular weight excluding hydrogens is 439 g/mol. The summed E-state index contributed by atoms with van der Waals surface area (Å²) in [4.78, 5) is 20.7. The highest BCUT2D eigenvalue weighted by Gasteiger charge is 2.20. The molecular formula is C21H21FN4O5S. The molecule has 32 heavy (non-hydrogen) atoms. The lowest BCUT2D eigenvalue weighted by Crippen LogP contribution is -2.13. The molecule has 0 aliphatic heterocycles. The number of methoxy groups -OCH3 is 1. The van der Waals surface area contributed by atoms with E-state index in [2.05, 4.69) is 20.6 Å². The number of hydrogen-bond acceptors (Lipinski definition) is 9. The molecule has 0 amide bonds. The fraction of sp³-hybridized carbons (Fsp3) is 0.190. The Morgan fingerprint density at radius 1 is 1.12 bits per heavy atom. The number of carbonyl (C=O) groups is 1. The van der Waals surface area contributed by atoms with Gasteiger partial charge in [0.05, 0.1) is 30.0 Å². The zero-order valence-electron chi connectivity index (χ0n) is 17.5. The third kappa shape index (κ3) is 5.30. The Morgan fingerprint density at radius 2 is 1.88 bits per heavy atom. The second-order valence-electron chi connectivity index (χ2n) is 6.54. The van der Waals surface area contributed by atoms with Crippen LogP contribution in [-0.2, 0) is 14.6 Å². The van der Waals surface area contributed by atoms with Crippen molar-refractivity contribution in [3.63, 3.8) is 0 Å². The van der Waals surface area contributed by atoms with Gasteiger partial charge in [0.25, 0.3) is 0 Å². The first kappa shape index (κ1) is 22.9. The van der Waals surface area contributed by atoms with E-state index in [0.29, 0.717) is 5.75 Å². The predicted octanol–water partition coefficient (Wildman–Crippen LogP) is 3.69. The van der Waals surface area contributed by atoms with Crippen molar-refractivity contribution in [1.82, 2.24) is 9.97 Å². The van der Waals surface area contributed by atoms with Crippen LogP contribution >= 0.6 is 0 Å². The van der Waals surface area contributed by atoms with Crippen molar-refractivity contribution in [2.45, 2.75) is 11.8 Å². The van der Waals surface area contributed by atoms with Gasteiger partial charge in [-0.1, -0.05) is 12.1 Å². The van der Waals surface area contributed by atoms with Gasteiger partial charge in [0.1, 0.15) is 17.1 Å². The summed E-state index contributed by atoms with van der Waals surface area (Å²) >= 11 is 0. The molecule has 0 bridgehead atoms. The minimum absolute atomic E-state index is 0.0136. The molecule has 0 aliphatic carbocycles. The van der Waals surface area contributed by atoms with Crippen molar-refractivity contribution >= 4 is 38.9 Å². The fourth-order valence-electron chi connectivity index (χ4n) is 2.76. The Bertz CT molecular complexity index is 1250. The van der Waals surface area contributed by atoms with Crippen molar-refractivity contribution in [2.24, 2.45) is 0 Å². The summed E-state index contributed by atoms with van der Waals surface area (Å²) in [6, 6.07) is 10.3. The van der Waals surface area contributed by atoms with Gasteiger partial charge in [0, 0.05) is 18.5 Å². The van der Waals surface area contributed by atoms with E-state index in [1.807, 2.05) is 0 Å². The summed E-state index contributed by atoms with van der Waals surface area (Å²) in [6.45, 7) is 1.76. The van der Waals surface area contributed by atoms with Crippen LogP contribution in [0.25, 0.3) is 0 Å². The molecule has 2 aromatic carbocycles. The van der Waals surface area contributed by atoms with Crippen molar-refractivity contribution in [3.8, 4) is 5.75 Å². The zero-order valence-corrected chi connectivity index (χ0v) is 18.4. The maximum atomic E-state index is 14.2. The maximum absolute atomic E-state index is 14.2. The molecule has 2 N–H and O–H groups in total. The number of anilines is 4. The van der Waals surface area contributed by atoms with Crippen molar-refractivity contribution < 1.29 is 27.1 Å². The summed E-state index contributed by atoms with van der Waals surface area (Å²) < 4.78 is 48.6. The molecule has 3 rings (SSSR count). The second kappa shape index (κ2) is 9.60. The first-order chi connectivity index (χ1) is 15.2. The molecule has 1 heterocycles. The fourth-order valence-corrected chi connectivity index (χ4v) is 3.61. The van der Waals surface area contributed by atoms with Gasteiger partial charge >= 0.3 is 5.97 Å². The molecule has 0 fully saturated rings. The minimum atomic E-state index is -3.57. The number of esters is 1. The van der Waals surface area contributed by atoms with Crippen LogP contribution in [0.4, 0.5) is 27.5 Å². The van der Waals surface area contributed by atoms with Crippen LogP contribution < -0.4 is 15.4 Å². The lowest BCUT2D eigenvalue weighted by atomic mass is 10.2. The summed E-state index contributed by atoms with van der Waals surface area (Å²) in [6.07, 6.45) is 2.27. The van der Waals surface area contributed by atoms with Gasteiger partial charge in [0.15, 0.2) is 15.7 Å². The van der Waals surface area contributed by atoms with E-state index in [-0.39, 0.29) is 40.2 Å². The van der Waals surface area contributed by atoms with E-state index in [4.69, 9.17) is 9.47 Å². The Balaban J connectivity index is 2.05. The molecule has 0 spiro atoms. The standard InChI is InChI=1S/C21H21FN4O5S/c1-4-31-20(27)14-12-23-21(25-17-11-13(30-2)9-10-15(17)22)26-19(14)24-16-7-5-6-8-18(16)32(3,28)29/h5-12H,4H2,1-3H3,(H2,23,24,25,26). The lowest BCUT2D eigenvalue weighted by Gasteiger charge is -2.15. The van der Waals surface area contributed by atoms with Gasteiger partial charge in [-0.15, -0.1) is 0 Å². The average molecular weight is 460 g/mol. The Labute approximate surface area is 184 Å². The van der Waals surface area contributed by atoms with Gasteiger partial charge in [-0.05, 0) is 31.2 Å². The van der Waals surface area contributed by atoms with Crippen molar-refractivity contribution in [1.29, 1.82) is 0 Å². The van der Waals surface area contributed by atoms with Gasteiger partial charge < -0.3 is 20.1 Å². The number of sulfone groups is 1. The largest absolute Gasteiger partial charge is 0.497 e. The van der Waals surface area contributed by atoms with Gasteiger partial charge in [-0.3, -0.25) is 0 Å². The molecule has 0 saturated heterocycles. The zero-order chi connectivity index (χ0) is 23.3. The first-order valence-corrected chi connectivity index (χ1v) is 11.3. The highest BCUT2D eigenvalue weighted by atomic mass is 32.2. The van der Waals surface area contributed by atoms with E-state index in [1.54, 1.807) is 19.1 Å². The van der Waals surface area contributed by atoms with Crippen molar-refractivity contribution in [2.75, 3.05) is 30.6 Å². The minimum Gasteiger partial charge on any atom is -0.497 e. The summed E-state index contributed by atoms with van der Waals surface area (Å²) in [5, 5.41) is 5.59. The van der Waals surface area contributed by atoms with Gasteiger partial charge in [-0.2, -0.15) is 4.98 Å². The smallest absolute Gasteiger partial charge is 0.343 e. The molecule has 0 unspecified atom stereocenters. The van der Waals surface area contributed by atoms with Crippen LogP contribution in [0.15, 0.2) is 53.6 Å². The van der Waals surface area contributed by atoms with Crippen LogP contribution in [0.2, 0.25) is 0 Å². The van der Waals surface area contributed by atoms with Gasteiger partial charge in [0.2, 0.25) is 5.95 Å². The maximum Gasteiger partial charge on any atom is 0.343 e. The van der Waals surface area contributed by atoms with E-state index >= 15 is 0 Å². The number of rotatable bonds is 8. The predicted molar refractivity (Wildman–Crippen MR) is 117 cm³/mol. The number of para-hydroxylation sites is 1. The molecule has 0 saturated carbocycles. The van der Waals surface area contributed by atoms with Crippen molar-refractivity contribution in [3.05, 3.63) is 60.0 Å². The SMILES string of the molecule is CCOC(=O)c1cnc(Nc2cc(OC)ccc2F)nc1Nc1ccccc1S(C)(=O)=O. The molecule has 11 heteroatoms. The number of nitrogens with one attached hydrogen (secondary N) is 2. The van der Waals surface area contributed by atoms with E-state index in [9.17, 15) is 17.6 Å². The van der Waals surface area contributed by atoms with E-state index in [0.717, 1.165) is 6.26 Å². The number of aromatic nitrogens is 2. The quantitative estimate of drug-likeness (QED) is 0.485. The number of halogens is 1. The summed E-state index contributed by atoms with van der Waals surface area (Å²) in [7, 11) is -2.12. The summed E-state index contributed by atoms with van der Waals surface area (Å²) in [5.74, 6) is -0.908. The third-order valence-electron chi connectivity index (χ3n) is 4.24. The first-order valence-electron chi connectivity index (χ1n) is 9.43. The highest BCUT2D eigenvalue weighted by molar-refractivity contribution is 7.90. The Kier molecular flexibility index (Phi) is 6.89. The van der Waals surface area contributed by atoms with Crippen LogP contribution in [0, 0.1) is 5.82 Å². The molecule has 9 nitrogen and oxygen atoms in total. The lowest BCUT2D eigenvalue weighted by molar-refractivity contribution is 0.0526. The normalized spacial score (nSPS) is 11.0. The van der Waals surface area contributed by atoms with E-state index < -0.39 is 21.6 Å². The second-order valence-corrected chi connectivity index (χ2v) is 8.52. The molecule has 0 radical (unpaired) electrons. The van der Waals surface area contributed by atoms with Crippen LogP contribution in [0.5, 0.6) is 5.75 Å². The topological polar surface area (TPSA) is 120 Å². The molecule has 0 atom stereocenters.